The van der Waals surface area contributed by atoms with Gasteiger partial charge in [0, 0.05) is 28.8 Å². The van der Waals surface area contributed by atoms with E-state index in [-0.39, 0.29) is 6.61 Å². The van der Waals surface area contributed by atoms with Crippen molar-refractivity contribution in [1.82, 2.24) is 29.8 Å². The zero-order valence-electron chi connectivity index (χ0n) is 17.0. The summed E-state index contributed by atoms with van der Waals surface area (Å²) in [4.78, 5) is 20.9. The number of pyridine rings is 2. The highest BCUT2D eigenvalue weighted by molar-refractivity contribution is 6.31. The number of benzene rings is 1. The van der Waals surface area contributed by atoms with Crippen molar-refractivity contribution in [2.75, 3.05) is 0 Å². The Bertz CT molecular complexity index is 1320. The number of halogens is 2. The molecule has 10 heteroatoms. The van der Waals surface area contributed by atoms with Gasteiger partial charge in [0.05, 0.1) is 23.3 Å². The van der Waals surface area contributed by atoms with E-state index >= 15 is 0 Å². The molecule has 0 atom stereocenters. The van der Waals surface area contributed by atoms with E-state index in [0.717, 1.165) is 15.8 Å². The second-order valence-electron chi connectivity index (χ2n) is 6.93. The Balaban J connectivity index is 1.65. The van der Waals surface area contributed by atoms with Gasteiger partial charge in [-0.25, -0.2) is 14.2 Å². The van der Waals surface area contributed by atoms with Gasteiger partial charge < -0.3 is 4.74 Å². The molecule has 3 heterocycles. The highest BCUT2D eigenvalue weighted by Crippen LogP contribution is 2.28. The molecule has 1 aromatic carbocycles. The van der Waals surface area contributed by atoms with Gasteiger partial charge in [-0.1, -0.05) is 17.7 Å². The van der Waals surface area contributed by atoms with Gasteiger partial charge in [-0.3, -0.25) is 4.98 Å². The lowest BCUT2D eigenvalue weighted by Crippen LogP contribution is -2.23. The first-order valence-corrected chi connectivity index (χ1v) is 9.72. The quantitative estimate of drug-likeness (QED) is 0.472. The first-order valence-electron chi connectivity index (χ1n) is 9.35. The molecule has 0 aliphatic carbocycles. The topological polar surface area (TPSA) is 87.7 Å². The van der Waals surface area contributed by atoms with Gasteiger partial charge in [0.1, 0.15) is 12.4 Å². The Morgan fingerprint density at radius 2 is 1.97 bits per heavy atom. The van der Waals surface area contributed by atoms with Crippen molar-refractivity contribution >= 4 is 11.6 Å². The van der Waals surface area contributed by atoms with Gasteiger partial charge in [0.2, 0.25) is 5.88 Å². The predicted octanol–water partition coefficient (Wildman–Crippen LogP) is 3.41. The molecule has 8 nitrogen and oxygen atoms in total. The van der Waals surface area contributed by atoms with Crippen LogP contribution in [-0.2, 0) is 13.7 Å². The molecule has 158 valence electrons. The summed E-state index contributed by atoms with van der Waals surface area (Å²) in [5.74, 6) is 0.0181. The van der Waals surface area contributed by atoms with E-state index in [1.165, 1.54) is 24.0 Å². The highest BCUT2D eigenvalue weighted by Gasteiger charge is 2.16. The lowest BCUT2D eigenvalue weighted by Gasteiger charge is -2.14. The van der Waals surface area contributed by atoms with Crippen molar-refractivity contribution < 1.29 is 9.13 Å². The van der Waals surface area contributed by atoms with Crippen LogP contribution < -0.4 is 10.4 Å². The van der Waals surface area contributed by atoms with Gasteiger partial charge in [0.15, 0.2) is 0 Å². The lowest BCUT2D eigenvalue weighted by molar-refractivity contribution is 0.290. The fourth-order valence-corrected chi connectivity index (χ4v) is 3.34. The summed E-state index contributed by atoms with van der Waals surface area (Å²) >= 11 is 6.38. The first kappa shape index (κ1) is 20.7. The molecule has 0 fully saturated rings. The third-order valence-electron chi connectivity index (χ3n) is 4.76. The fourth-order valence-electron chi connectivity index (χ4n) is 3.12. The van der Waals surface area contributed by atoms with Gasteiger partial charge in [0.25, 0.3) is 0 Å². The molecule has 4 rings (SSSR count). The van der Waals surface area contributed by atoms with Crippen molar-refractivity contribution in [3.63, 3.8) is 0 Å². The number of aromatic nitrogens is 6. The molecule has 31 heavy (non-hydrogen) atoms. The normalized spacial score (nSPS) is 11.0. The molecule has 0 unspecified atom stereocenters. The van der Waals surface area contributed by atoms with Crippen molar-refractivity contribution in [3.05, 3.63) is 80.7 Å². The summed E-state index contributed by atoms with van der Waals surface area (Å²) in [6.07, 6.45) is 1.17. The van der Waals surface area contributed by atoms with Crippen LogP contribution in [0.4, 0.5) is 4.39 Å². The second-order valence-corrected chi connectivity index (χ2v) is 7.34. The Morgan fingerprint density at radius 1 is 1.16 bits per heavy atom. The van der Waals surface area contributed by atoms with Crippen LogP contribution in [-0.4, -0.2) is 29.8 Å². The molecular weight excluding hydrogens is 423 g/mol. The Morgan fingerprint density at radius 3 is 2.65 bits per heavy atom. The molecule has 0 aliphatic rings. The molecule has 0 saturated heterocycles. The molecule has 0 radical (unpaired) electrons. The van der Waals surface area contributed by atoms with Crippen molar-refractivity contribution in [2.24, 2.45) is 7.05 Å². The Hall–Kier alpha value is -3.59. The third-order valence-corrected chi connectivity index (χ3v) is 5.11. The molecule has 0 spiro atoms. The standard InChI is InChI=1S/C21H18ClFN6O2/c1-12-9-15(18-8-7-14(23)10-24-18)13(2)25-20(12)31-11-16-17(22)5-4-6-19(16)29-21(30)28(3)26-27-29/h4-10H,11H2,1-3H3. The number of hydrogen-bond donors (Lipinski definition) is 0. The van der Waals surface area contributed by atoms with Crippen LogP contribution in [0.1, 0.15) is 16.8 Å². The molecule has 3 aromatic heterocycles. The monoisotopic (exact) mass is 440 g/mol. The molecule has 4 aromatic rings. The average molecular weight is 441 g/mol. The summed E-state index contributed by atoms with van der Waals surface area (Å²) in [6, 6.07) is 10.00. The lowest BCUT2D eigenvalue weighted by atomic mass is 10.1. The van der Waals surface area contributed by atoms with Gasteiger partial charge in [-0.2, -0.15) is 9.36 Å². The van der Waals surface area contributed by atoms with Crippen LogP contribution in [0.3, 0.4) is 0 Å². The zero-order valence-corrected chi connectivity index (χ0v) is 17.8. The number of tetrazole rings is 1. The van der Waals surface area contributed by atoms with Gasteiger partial charge in [-0.15, -0.1) is 0 Å². The predicted molar refractivity (Wildman–Crippen MR) is 113 cm³/mol. The van der Waals surface area contributed by atoms with Crippen LogP contribution in [0.25, 0.3) is 16.9 Å². The van der Waals surface area contributed by atoms with E-state index in [1.807, 2.05) is 19.9 Å². The van der Waals surface area contributed by atoms with E-state index in [1.54, 1.807) is 24.3 Å². The molecule has 0 N–H and O–H groups in total. The molecule has 0 bridgehead atoms. The Labute approximate surface area is 181 Å². The molecule has 0 amide bonds. The SMILES string of the molecule is Cc1cc(-c2ccc(F)cn2)c(C)nc1OCc1c(Cl)cccc1-n1nnn(C)c1=O. The summed E-state index contributed by atoms with van der Waals surface area (Å²) in [5, 5.41) is 8.05. The minimum atomic E-state index is -0.399. The first-order chi connectivity index (χ1) is 14.8. The largest absolute Gasteiger partial charge is 0.472 e. The van der Waals surface area contributed by atoms with Crippen LogP contribution in [0.5, 0.6) is 5.88 Å². The molecule has 0 aliphatic heterocycles. The summed E-state index contributed by atoms with van der Waals surface area (Å²) in [7, 11) is 1.51. The maximum atomic E-state index is 13.2. The summed E-state index contributed by atoms with van der Waals surface area (Å²) in [5.41, 5.74) is 3.53. The van der Waals surface area contributed by atoms with Crippen LogP contribution >= 0.6 is 11.6 Å². The summed E-state index contributed by atoms with van der Waals surface area (Å²) in [6.45, 7) is 3.75. The van der Waals surface area contributed by atoms with Gasteiger partial charge >= 0.3 is 5.69 Å². The minimum Gasteiger partial charge on any atom is -0.472 e. The molecule has 0 saturated carbocycles. The van der Waals surface area contributed by atoms with Crippen molar-refractivity contribution in [2.45, 2.75) is 20.5 Å². The number of nitrogens with zero attached hydrogens (tertiary/aromatic N) is 6. The number of ether oxygens (including phenoxy) is 1. The van der Waals surface area contributed by atoms with Crippen LogP contribution in [0.2, 0.25) is 5.02 Å². The fraction of sp³-hybridized carbons (Fsp3) is 0.190. The van der Waals surface area contributed by atoms with E-state index in [0.29, 0.717) is 33.5 Å². The van der Waals surface area contributed by atoms with E-state index < -0.39 is 11.5 Å². The smallest absolute Gasteiger partial charge is 0.368 e. The maximum absolute atomic E-state index is 13.2. The van der Waals surface area contributed by atoms with Crippen LogP contribution in [0, 0.1) is 19.7 Å². The van der Waals surface area contributed by atoms with E-state index in [2.05, 4.69) is 20.4 Å². The average Bonchev–Trinajstić information content (AvgIpc) is 3.08. The van der Waals surface area contributed by atoms with E-state index in [9.17, 15) is 9.18 Å². The Kier molecular flexibility index (Phi) is 5.51. The highest BCUT2D eigenvalue weighted by atomic mass is 35.5. The third kappa shape index (κ3) is 4.04. The molecular formula is C21H18ClFN6O2. The van der Waals surface area contributed by atoms with Gasteiger partial charge in [-0.05, 0) is 54.6 Å². The second kappa shape index (κ2) is 8.27. The van der Waals surface area contributed by atoms with E-state index in [4.69, 9.17) is 16.3 Å². The zero-order chi connectivity index (χ0) is 22.1. The van der Waals surface area contributed by atoms with Crippen molar-refractivity contribution in [1.29, 1.82) is 0 Å². The summed E-state index contributed by atoms with van der Waals surface area (Å²) < 4.78 is 21.4. The van der Waals surface area contributed by atoms with Crippen molar-refractivity contribution in [3.8, 4) is 22.8 Å². The van der Waals surface area contributed by atoms with Crippen LogP contribution in [0.15, 0.2) is 47.4 Å². The number of hydrogen-bond acceptors (Lipinski definition) is 6. The number of aryl methyl sites for hydroxylation is 3. The minimum absolute atomic E-state index is 0.0689. The number of rotatable bonds is 5. The maximum Gasteiger partial charge on any atom is 0.368 e.